The number of pyridine rings is 1. The van der Waals surface area contributed by atoms with Gasteiger partial charge in [0.05, 0.1) is 5.56 Å². The second-order valence-corrected chi connectivity index (χ2v) is 6.44. The smallest absolute Gasteiger partial charge is 0.198 e. The molecule has 0 saturated heterocycles. The Kier molecular flexibility index (Phi) is 5.45. The standard InChI is InChI=1S/C24H26N/c1-4-6-13-22-14-10-15-24(25(22)3)23-18-21(17-16-19(23)5-2)20-11-8-7-9-12-20/h5,7-12,14-18H,2,4,6,13H2,1,3H3/q+1. The molecule has 126 valence electrons. The molecule has 0 fully saturated rings. The van der Waals surface area contributed by atoms with E-state index in [9.17, 15) is 0 Å². The van der Waals surface area contributed by atoms with E-state index in [2.05, 4.69) is 91.8 Å². The first-order chi connectivity index (χ1) is 12.2. The van der Waals surface area contributed by atoms with Crippen molar-refractivity contribution in [2.45, 2.75) is 26.2 Å². The van der Waals surface area contributed by atoms with Crippen molar-refractivity contribution >= 4 is 6.08 Å². The third-order valence-electron chi connectivity index (χ3n) is 4.78. The lowest BCUT2D eigenvalue weighted by Gasteiger charge is -2.10. The molecule has 3 rings (SSSR count). The zero-order valence-corrected chi connectivity index (χ0v) is 15.2. The molecule has 1 aromatic heterocycles. The SMILES string of the molecule is C=Cc1ccc(-c2ccccc2)cc1-c1cccc(CCCC)[n+]1C. The summed E-state index contributed by atoms with van der Waals surface area (Å²) in [7, 11) is 2.17. The van der Waals surface area contributed by atoms with Crippen LogP contribution in [0.5, 0.6) is 0 Å². The van der Waals surface area contributed by atoms with Gasteiger partial charge < -0.3 is 0 Å². The number of aryl methyl sites for hydroxylation is 1. The van der Waals surface area contributed by atoms with Crippen LogP contribution in [0.25, 0.3) is 28.5 Å². The van der Waals surface area contributed by atoms with Crippen LogP contribution in [0.2, 0.25) is 0 Å². The van der Waals surface area contributed by atoms with E-state index in [1.54, 1.807) is 0 Å². The van der Waals surface area contributed by atoms with Gasteiger partial charge in [0.15, 0.2) is 5.69 Å². The van der Waals surface area contributed by atoms with Crippen LogP contribution in [0.1, 0.15) is 31.0 Å². The Hall–Kier alpha value is -2.67. The van der Waals surface area contributed by atoms with Crippen LogP contribution in [-0.4, -0.2) is 0 Å². The second kappa shape index (κ2) is 7.94. The molecule has 0 N–H and O–H groups in total. The van der Waals surface area contributed by atoms with E-state index in [0.29, 0.717) is 0 Å². The molecule has 0 radical (unpaired) electrons. The van der Waals surface area contributed by atoms with Crippen molar-refractivity contribution in [1.82, 2.24) is 0 Å². The highest BCUT2D eigenvalue weighted by molar-refractivity contribution is 5.77. The van der Waals surface area contributed by atoms with Crippen LogP contribution < -0.4 is 4.57 Å². The van der Waals surface area contributed by atoms with Crippen LogP contribution in [-0.2, 0) is 13.5 Å². The van der Waals surface area contributed by atoms with Gasteiger partial charge in [-0.05, 0) is 35.2 Å². The Morgan fingerprint density at radius 1 is 0.920 bits per heavy atom. The van der Waals surface area contributed by atoms with Crippen LogP contribution in [0.4, 0.5) is 0 Å². The highest BCUT2D eigenvalue weighted by Crippen LogP contribution is 2.29. The van der Waals surface area contributed by atoms with Gasteiger partial charge in [0.2, 0.25) is 5.69 Å². The van der Waals surface area contributed by atoms with E-state index in [-0.39, 0.29) is 0 Å². The number of hydrogen-bond acceptors (Lipinski definition) is 0. The molecule has 0 spiro atoms. The topological polar surface area (TPSA) is 3.88 Å². The van der Waals surface area contributed by atoms with Gasteiger partial charge in [0.1, 0.15) is 7.05 Å². The average Bonchev–Trinajstić information content (AvgIpc) is 2.67. The molecule has 1 nitrogen and oxygen atoms in total. The number of rotatable bonds is 6. The predicted octanol–water partition coefficient (Wildman–Crippen LogP) is 5.83. The average molecular weight is 328 g/mol. The fraction of sp³-hybridized carbons (Fsp3) is 0.208. The van der Waals surface area contributed by atoms with Crippen LogP contribution in [0.3, 0.4) is 0 Å². The van der Waals surface area contributed by atoms with Crippen molar-refractivity contribution in [3.8, 4) is 22.4 Å². The Bertz CT molecular complexity index is 863. The summed E-state index contributed by atoms with van der Waals surface area (Å²) in [6.07, 6.45) is 5.49. The molecule has 25 heavy (non-hydrogen) atoms. The minimum absolute atomic E-state index is 1.11. The van der Waals surface area contributed by atoms with Crippen molar-refractivity contribution in [3.05, 3.63) is 84.6 Å². The number of hydrogen-bond donors (Lipinski definition) is 0. The summed E-state index contributed by atoms with van der Waals surface area (Å²) in [4.78, 5) is 0. The zero-order valence-electron chi connectivity index (χ0n) is 15.2. The van der Waals surface area contributed by atoms with Gasteiger partial charge in [-0.25, -0.2) is 0 Å². The summed E-state index contributed by atoms with van der Waals surface area (Å²) >= 11 is 0. The van der Waals surface area contributed by atoms with Gasteiger partial charge in [-0.2, -0.15) is 4.57 Å². The maximum absolute atomic E-state index is 4.01. The van der Waals surface area contributed by atoms with Crippen molar-refractivity contribution in [3.63, 3.8) is 0 Å². The summed E-state index contributed by atoms with van der Waals surface area (Å²) in [5, 5.41) is 0. The van der Waals surface area contributed by atoms with E-state index < -0.39 is 0 Å². The van der Waals surface area contributed by atoms with Gasteiger partial charge in [0.25, 0.3) is 0 Å². The summed E-state index contributed by atoms with van der Waals surface area (Å²) in [6.45, 7) is 6.25. The first-order valence-corrected chi connectivity index (χ1v) is 9.04. The molecule has 1 heteroatoms. The molecular weight excluding hydrogens is 302 g/mol. The Morgan fingerprint density at radius 2 is 1.72 bits per heavy atom. The minimum atomic E-state index is 1.11. The molecule has 0 atom stereocenters. The molecule has 0 unspecified atom stereocenters. The molecule has 0 aliphatic rings. The van der Waals surface area contributed by atoms with E-state index in [0.717, 1.165) is 6.42 Å². The molecule has 0 aliphatic carbocycles. The molecule has 2 aromatic carbocycles. The zero-order chi connectivity index (χ0) is 17.6. The van der Waals surface area contributed by atoms with Crippen LogP contribution in [0, 0.1) is 0 Å². The quantitative estimate of drug-likeness (QED) is 0.501. The summed E-state index contributed by atoms with van der Waals surface area (Å²) in [6, 6.07) is 23.8. The Morgan fingerprint density at radius 3 is 2.44 bits per heavy atom. The third kappa shape index (κ3) is 3.71. The van der Waals surface area contributed by atoms with Crippen LogP contribution >= 0.6 is 0 Å². The second-order valence-electron chi connectivity index (χ2n) is 6.44. The molecule has 0 bridgehead atoms. The molecule has 3 aromatic rings. The maximum Gasteiger partial charge on any atom is 0.213 e. The normalized spacial score (nSPS) is 10.6. The first-order valence-electron chi connectivity index (χ1n) is 9.04. The molecule has 0 amide bonds. The predicted molar refractivity (Wildman–Crippen MR) is 107 cm³/mol. The first kappa shape index (κ1) is 17.2. The number of benzene rings is 2. The third-order valence-corrected chi connectivity index (χ3v) is 4.78. The highest BCUT2D eigenvalue weighted by atomic mass is 14.9. The highest BCUT2D eigenvalue weighted by Gasteiger charge is 2.17. The number of aromatic nitrogens is 1. The lowest BCUT2D eigenvalue weighted by Crippen LogP contribution is -2.36. The molecule has 0 saturated carbocycles. The summed E-state index contributed by atoms with van der Waals surface area (Å²) < 4.78 is 2.33. The fourth-order valence-electron chi connectivity index (χ4n) is 3.27. The fourth-order valence-corrected chi connectivity index (χ4v) is 3.27. The van der Waals surface area contributed by atoms with E-state index in [1.165, 1.54) is 46.5 Å². The van der Waals surface area contributed by atoms with E-state index >= 15 is 0 Å². The van der Waals surface area contributed by atoms with Crippen molar-refractivity contribution in [1.29, 1.82) is 0 Å². The number of unbranched alkanes of at least 4 members (excludes halogenated alkanes) is 1. The van der Waals surface area contributed by atoms with E-state index in [1.807, 2.05) is 6.08 Å². The molecule has 1 heterocycles. The lowest BCUT2D eigenvalue weighted by molar-refractivity contribution is -0.668. The van der Waals surface area contributed by atoms with Gasteiger partial charge in [-0.1, -0.05) is 68.5 Å². The van der Waals surface area contributed by atoms with E-state index in [4.69, 9.17) is 0 Å². The Balaban J connectivity index is 2.11. The molecular formula is C24H26N+. The Labute approximate surface area is 151 Å². The van der Waals surface area contributed by atoms with Gasteiger partial charge in [-0.3, -0.25) is 0 Å². The lowest BCUT2D eigenvalue weighted by atomic mass is 9.96. The maximum atomic E-state index is 4.01. The van der Waals surface area contributed by atoms with Crippen molar-refractivity contribution < 1.29 is 4.57 Å². The van der Waals surface area contributed by atoms with Gasteiger partial charge in [0, 0.05) is 18.6 Å². The number of nitrogens with zero attached hydrogens (tertiary/aromatic N) is 1. The van der Waals surface area contributed by atoms with Gasteiger partial charge in [-0.15, -0.1) is 0 Å². The van der Waals surface area contributed by atoms with Crippen molar-refractivity contribution in [2.24, 2.45) is 7.05 Å². The van der Waals surface area contributed by atoms with Gasteiger partial charge >= 0.3 is 0 Å². The largest absolute Gasteiger partial charge is 0.213 e. The minimum Gasteiger partial charge on any atom is -0.198 e. The van der Waals surface area contributed by atoms with Crippen LogP contribution in [0.15, 0.2) is 73.3 Å². The monoisotopic (exact) mass is 328 g/mol. The van der Waals surface area contributed by atoms with Crippen molar-refractivity contribution in [2.75, 3.05) is 0 Å². The molecule has 0 aliphatic heterocycles. The summed E-state index contributed by atoms with van der Waals surface area (Å²) in [5.74, 6) is 0. The summed E-state index contributed by atoms with van der Waals surface area (Å²) in [5.41, 5.74) is 7.49.